The highest BCUT2D eigenvalue weighted by molar-refractivity contribution is 9.10. The highest BCUT2D eigenvalue weighted by atomic mass is 79.9. The Morgan fingerprint density at radius 2 is 2.07 bits per heavy atom. The quantitative estimate of drug-likeness (QED) is 0.590. The zero-order valence-electron chi connectivity index (χ0n) is 15.6. The number of nitrogens with one attached hydrogen (secondary N) is 1. The molecular weight excluding hydrogens is 422 g/mol. The van der Waals surface area contributed by atoms with Crippen molar-refractivity contribution in [2.24, 2.45) is 0 Å². The Morgan fingerprint density at radius 3 is 2.82 bits per heavy atom. The van der Waals surface area contributed by atoms with Gasteiger partial charge in [-0.3, -0.25) is 9.59 Å². The molecule has 1 amide bonds. The van der Waals surface area contributed by atoms with Crippen LogP contribution < -0.4 is 10.3 Å². The van der Waals surface area contributed by atoms with E-state index < -0.39 is 0 Å². The van der Waals surface area contributed by atoms with Gasteiger partial charge < -0.3 is 14.6 Å². The third kappa shape index (κ3) is 4.48. The molecule has 0 aliphatic carbocycles. The summed E-state index contributed by atoms with van der Waals surface area (Å²) in [5.41, 5.74) is 1.19. The van der Waals surface area contributed by atoms with Gasteiger partial charge in [-0.1, -0.05) is 28.1 Å². The lowest BCUT2D eigenvalue weighted by Gasteiger charge is -2.18. The summed E-state index contributed by atoms with van der Waals surface area (Å²) in [5, 5.41) is 0.530. The minimum atomic E-state index is -0.210. The summed E-state index contributed by atoms with van der Waals surface area (Å²) >= 11 is 3.42. The van der Waals surface area contributed by atoms with Crippen LogP contribution in [-0.4, -0.2) is 34.4 Å². The number of para-hydroxylation sites is 1. The Bertz CT molecular complexity index is 1090. The van der Waals surface area contributed by atoms with Gasteiger partial charge in [0.15, 0.2) is 0 Å². The summed E-state index contributed by atoms with van der Waals surface area (Å²) in [4.78, 5) is 33.7. The maximum atomic E-state index is 12.7. The van der Waals surface area contributed by atoms with Crippen molar-refractivity contribution in [1.82, 2.24) is 14.9 Å². The first kappa shape index (κ1) is 19.8. The molecule has 3 aromatic rings. The number of carbonyl (C=O) groups is 1. The number of carbonyl (C=O) groups excluding carboxylic acids is 1. The molecule has 0 spiro atoms. The standard InChI is InChI=1S/C21H20BrN3O3/c1-3-25(13-19-23-17-7-5-4-6-16(17)21(27)24-19)20(26)11-8-14-12-15(22)9-10-18(14)28-2/h4-12H,3,13H2,1-2H3,(H,23,24,27). The molecule has 7 heteroatoms. The molecule has 3 rings (SSSR count). The molecule has 0 unspecified atom stereocenters. The zero-order chi connectivity index (χ0) is 20.1. The summed E-state index contributed by atoms with van der Waals surface area (Å²) in [6.07, 6.45) is 3.21. The van der Waals surface area contributed by atoms with Crippen molar-refractivity contribution in [2.45, 2.75) is 13.5 Å². The van der Waals surface area contributed by atoms with E-state index in [1.165, 1.54) is 6.08 Å². The topological polar surface area (TPSA) is 75.3 Å². The first-order valence-electron chi connectivity index (χ1n) is 8.80. The van der Waals surface area contributed by atoms with E-state index in [0.29, 0.717) is 29.0 Å². The van der Waals surface area contributed by atoms with Crippen LogP contribution in [0, 0.1) is 0 Å². The first-order valence-corrected chi connectivity index (χ1v) is 9.59. The van der Waals surface area contributed by atoms with E-state index in [-0.39, 0.29) is 18.0 Å². The molecule has 1 aromatic heterocycles. The second-order valence-electron chi connectivity index (χ2n) is 6.10. The summed E-state index contributed by atoms with van der Waals surface area (Å²) in [6, 6.07) is 12.7. The lowest BCUT2D eigenvalue weighted by atomic mass is 10.2. The van der Waals surface area contributed by atoms with E-state index in [0.717, 1.165) is 10.0 Å². The van der Waals surface area contributed by atoms with E-state index in [1.54, 1.807) is 36.3 Å². The van der Waals surface area contributed by atoms with Gasteiger partial charge in [0, 0.05) is 22.7 Å². The number of nitrogens with zero attached hydrogens (tertiary/aromatic N) is 2. The van der Waals surface area contributed by atoms with Gasteiger partial charge in [0.05, 0.1) is 24.6 Å². The van der Waals surface area contributed by atoms with Crippen molar-refractivity contribution >= 4 is 38.8 Å². The Morgan fingerprint density at radius 1 is 1.29 bits per heavy atom. The van der Waals surface area contributed by atoms with Gasteiger partial charge in [0.2, 0.25) is 5.91 Å². The molecule has 28 heavy (non-hydrogen) atoms. The second kappa shape index (κ2) is 8.84. The number of aromatic nitrogens is 2. The van der Waals surface area contributed by atoms with Crippen molar-refractivity contribution in [1.29, 1.82) is 0 Å². The highest BCUT2D eigenvalue weighted by Gasteiger charge is 2.12. The Labute approximate surface area is 171 Å². The predicted octanol–water partition coefficient (Wildman–Crippen LogP) is 3.76. The molecule has 0 atom stereocenters. The number of likely N-dealkylation sites (N-methyl/N-ethyl adjacent to an activating group) is 1. The largest absolute Gasteiger partial charge is 0.496 e. The van der Waals surface area contributed by atoms with E-state index in [9.17, 15) is 9.59 Å². The van der Waals surface area contributed by atoms with Crippen LogP contribution in [0.2, 0.25) is 0 Å². The molecule has 0 fully saturated rings. The average molecular weight is 442 g/mol. The molecule has 0 saturated heterocycles. The van der Waals surface area contributed by atoms with Gasteiger partial charge in [-0.05, 0) is 43.3 Å². The van der Waals surface area contributed by atoms with Crippen LogP contribution in [-0.2, 0) is 11.3 Å². The third-order valence-electron chi connectivity index (χ3n) is 4.29. The smallest absolute Gasteiger partial charge is 0.258 e. The Hall–Kier alpha value is -2.93. The van der Waals surface area contributed by atoms with E-state index >= 15 is 0 Å². The van der Waals surface area contributed by atoms with E-state index in [2.05, 4.69) is 25.9 Å². The van der Waals surface area contributed by atoms with Gasteiger partial charge >= 0.3 is 0 Å². The van der Waals surface area contributed by atoms with Crippen LogP contribution >= 0.6 is 15.9 Å². The SMILES string of the molecule is CCN(Cc1nc2ccccc2c(=O)[nH]1)C(=O)C=Cc1cc(Br)ccc1OC. The average Bonchev–Trinajstić information content (AvgIpc) is 2.70. The minimum Gasteiger partial charge on any atom is -0.496 e. The normalized spacial score (nSPS) is 11.1. The van der Waals surface area contributed by atoms with Gasteiger partial charge in [0.1, 0.15) is 11.6 Å². The number of rotatable bonds is 6. The van der Waals surface area contributed by atoms with E-state index in [1.807, 2.05) is 31.2 Å². The predicted molar refractivity (Wildman–Crippen MR) is 113 cm³/mol. The van der Waals surface area contributed by atoms with Gasteiger partial charge in [0.25, 0.3) is 5.56 Å². The summed E-state index contributed by atoms with van der Waals surface area (Å²) in [5.74, 6) is 0.948. The Kier molecular flexibility index (Phi) is 6.26. The fraction of sp³-hybridized carbons (Fsp3) is 0.190. The molecule has 2 aromatic carbocycles. The van der Waals surface area contributed by atoms with E-state index in [4.69, 9.17) is 4.74 Å². The molecule has 0 bridgehead atoms. The summed E-state index contributed by atoms with van der Waals surface area (Å²) < 4.78 is 6.22. The number of hydrogen-bond acceptors (Lipinski definition) is 4. The number of aromatic amines is 1. The third-order valence-corrected chi connectivity index (χ3v) is 4.79. The molecule has 0 aliphatic rings. The number of benzene rings is 2. The number of methoxy groups -OCH3 is 1. The number of halogens is 1. The van der Waals surface area contributed by atoms with Gasteiger partial charge in [-0.15, -0.1) is 0 Å². The van der Waals surface area contributed by atoms with Crippen LogP contribution in [0.5, 0.6) is 5.75 Å². The van der Waals surface area contributed by atoms with Crippen molar-refractivity contribution in [2.75, 3.05) is 13.7 Å². The molecule has 0 aliphatic heterocycles. The Balaban J connectivity index is 1.81. The molecule has 0 radical (unpaired) electrons. The van der Waals surface area contributed by atoms with Crippen LogP contribution in [0.4, 0.5) is 0 Å². The van der Waals surface area contributed by atoms with Crippen molar-refractivity contribution in [3.05, 3.63) is 74.8 Å². The van der Waals surface area contributed by atoms with Crippen molar-refractivity contribution < 1.29 is 9.53 Å². The maximum absolute atomic E-state index is 12.7. The van der Waals surface area contributed by atoms with Crippen LogP contribution in [0.15, 0.2) is 57.8 Å². The summed E-state index contributed by atoms with van der Waals surface area (Å²) in [7, 11) is 1.59. The van der Waals surface area contributed by atoms with Crippen molar-refractivity contribution in [3.8, 4) is 5.75 Å². The first-order chi connectivity index (χ1) is 13.5. The molecular formula is C21H20BrN3O3. The van der Waals surface area contributed by atoms with Gasteiger partial charge in [-0.2, -0.15) is 0 Å². The molecule has 6 nitrogen and oxygen atoms in total. The zero-order valence-corrected chi connectivity index (χ0v) is 17.2. The monoisotopic (exact) mass is 441 g/mol. The number of H-pyrrole nitrogens is 1. The lowest BCUT2D eigenvalue weighted by Crippen LogP contribution is -2.30. The molecule has 144 valence electrons. The number of amides is 1. The minimum absolute atomic E-state index is 0.180. The second-order valence-corrected chi connectivity index (χ2v) is 7.02. The molecule has 0 saturated carbocycles. The fourth-order valence-corrected chi connectivity index (χ4v) is 3.22. The fourth-order valence-electron chi connectivity index (χ4n) is 2.84. The molecule has 1 heterocycles. The van der Waals surface area contributed by atoms with Crippen LogP contribution in [0.1, 0.15) is 18.3 Å². The highest BCUT2D eigenvalue weighted by Crippen LogP contribution is 2.24. The number of hydrogen-bond donors (Lipinski definition) is 1. The summed E-state index contributed by atoms with van der Waals surface area (Å²) in [6.45, 7) is 2.58. The molecule has 1 N–H and O–H groups in total. The number of ether oxygens (including phenoxy) is 1. The maximum Gasteiger partial charge on any atom is 0.258 e. The van der Waals surface area contributed by atoms with Gasteiger partial charge in [-0.25, -0.2) is 4.98 Å². The van der Waals surface area contributed by atoms with Crippen LogP contribution in [0.3, 0.4) is 0 Å². The lowest BCUT2D eigenvalue weighted by molar-refractivity contribution is -0.126. The van der Waals surface area contributed by atoms with Crippen LogP contribution in [0.25, 0.3) is 17.0 Å². The number of fused-ring (bicyclic) bond motifs is 1. The van der Waals surface area contributed by atoms with Crippen molar-refractivity contribution in [3.63, 3.8) is 0 Å².